The smallest absolute Gasteiger partial charge is 0.227 e. The summed E-state index contributed by atoms with van der Waals surface area (Å²) >= 11 is 0. The lowest BCUT2D eigenvalue weighted by atomic mass is 9.96. The highest BCUT2D eigenvalue weighted by atomic mass is 19.1. The number of hydrogen-bond acceptors (Lipinski definition) is 5. The third-order valence-electron chi connectivity index (χ3n) is 4.24. The molecule has 1 aromatic carbocycles. The average molecular weight is 400 g/mol. The van der Waals surface area contributed by atoms with Crippen molar-refractivity contribution in [2.75, 3.05) is 4.90 Å². The van der Waals surface area contributed by atoms with Gasteiger partial charge < -0.3 is 9.42 Å². The Balaban J connectivity index is 1.79. The van der Waals surface area contributed by atoms with E-state index in [-0.39, 0.29) is 36.4 Å². The highest BCUT2D eigenvalue weighted by Crippen LogP contribution is 2.24. The molecule has 152 valence electrons. The fourth-order valence-electron chi connectivity index (χ4n) is 2.67. The molecular weight excluding hydrogens is 378 g/mol. The number of pyridine rings is 1. The molecule has 0 saturated heterocycles. The van der Waals surface area contributed by atoms with Crippen molar-refractivity contribution in [3.63, 3.8) is 0 Å². The van der Waals surface area contributed by atoms with Crippen LogP contribution < -0.4 is 4.90 Å². The van der Waals surface area contributed by atoms with Crippen molar-refractivity contribution >= 4 is 11.6 Å². The third-order valence-corrected chi connectivity index (χ3v) is 4.24. The Bertz CT molecular complexity index is 984. The zero-order valence-corrected chi connectivity index (χ0v) is 16.5. The van der Waals surface area contributed by atoms with E-state index in [2.05, 4.69) is 15.1 Å². The topological polar surface area (TPSA) is 72.1 Å². The van der Waals surface area contributed by atoms with Gasteiger partial charge >= 0.3 is 0 Å². The molecule has 1 amide bonds. The van der Waals surface area contributed by atoms with Crippen molar-refractivity contribution in [3.8, 4) is 0 Å². The van der Waals surface area contributed by atoms with Gasteiger partial charge in [0.1, 0.15) is 11.6 Å². The number of carbonyl (C=O) groups is 1. The number of rotatable bonds is 6. The first-order valence-electron chi connectivity index (χ1n) is 9.22. The van der Waals surface area contributed by atoms with Crippen LogP contribution in [0.1, 0.15) is 44.6 Å². The highest BCUT2D eigenvalue weighted by Gasteiger charge is 2.23. The SMILES string of the molecule is CC(C)(C)c1noc(CCC(=O)N(Cc2ccccn2)c2ccc(F)cc2F)n1. The number of nitrogens with zero attached hydrogens (tertiary/aromatic N) is 4. The zero-order valence-electron chi connectivity index (χ0n) is 16.5. The largest absolute Gasteiger partial charge is 0.339 e. The van der Waals surface area contributed by atoms with Crippen LogP contribution in [0.3, 0.4) is 0 Å². The summed E-state index contributed by atoms with van der Waals surface area (Å²) in [6.07, 6.45) is 1.82. The first-order chi connectivity index (χ1) is 13.7. The van der Waals surface area contributed by atoms with Crippen LogP contribution in [0.2, 0.25) is 0 Å². The highest BCUT2D eigenvalue weighted by molar-refractivity contribution is 5.93. The van der Waals surface area contributed by atoms with Gasteiger partial charge in [0.2, 0.25) is 11.8 Å². The quantitative estimate of drug-likeness (QED) is 0.620. The summed E-state index contributed by atoms with van der Waals surface area (Å²) in [5, 5.41) is 3.94. The number of hydrogen-bond donors (Lipinski definition) is 0. The number of amides is 1. The van der Waals surface area contributed by atoms with E-state index in [9.17, 15) is 13.6 Å². The molecule has 3 aromatic rings. The monoisotopic (exact) mass is 400 g/mol. The van der Waals surface area contributed by atoms with Crippen molar-refractivity contribution < 1.29 is 18.1 Å². The van der Waals surface area contributed by atoms with E-state index in [1.165, 1.54) is 11.0 Å². The first kappa shape index (κ1) is 20.6. The Hall–Kier alpha value is -3.16. The van der Waals surface area contributed by atoms with E-state index >= 15 is 0 Å². The molecule has 6 nitrogen and oxygen atoms in total. The molecule has 0 bridgehead atoms. The molecule has 0 aliphatic heterocycles. The third kappa shape index (κ3) is 5.22. The maximum atomic E-state index is 14.4. The van der Waals surface area contributed by atoms with Gasteiger partial charge in [0, 0.05) is 30.5 Å². The first-order valence-corrected chi connectivity index (χ1v) is 9.22. The molecule has 0 radical (unpaired) electrons. The minimum atomic E-state index is -0.818. The van der Waals surface area contributed by atoms with Gasteiger partial charge in [0.25, 0.3) is 0 Å². The van der Waals surface area contributed by atoms with Crippen molar-refractivity contribution in [1.29, 1.82) is 0 Å². The van der Waals surface area contributed by atoms with Crippen LogP contribution in [0.4, 0.5) is 14.5 Å². The molecule has 3 rings (SSSR count). The number of aryl methyl sites for hydroxylation is 1. The molecule has 0 unspecified atom stereocenters. The predicted molar refractivity (Wildman–Crippen MR) is 103 cm³/mol. The van der Waals surface area contributed by atoms with Gasteiger partial charge in [-0.1, -0.05) is 32.0 Å². The van der Waals surface area contributed by atoms with Crippen LogP contribution in [0.25, 0.3) is 0 Å². The predicted octanol–water partition coefficient (Wildman–Crippen LogP) is 4.21. The Morgan fingerprint density at radius 3 is 2.59 bits per heavy atom. The summed E-state index contributed by atoms with van der Waals surface area (Å²) in [5.41, 5.74) is 0.300. The molecule has 0 saturated carbocycles. The number of aromatic nitrogens is 3. The summed E-state index contributed by atoms with van der Waals surface area (Å²) < 4.78 is 32.9. The Morgan fingerprint density at radius 2 is 1.97 bits per heavy atom. The lowest BCUT2D eigenvalue weighted by Gasteiger charge is -2.23. The minimum absolute atomic E-state index is 0.0111. The van der Waals surface area contributed by atoms with Crippen molar-refractivity contribution in [3.05, 3.63) is 71.6 Å². The van der Waals surface area contributed by atoms with Crippen molar-refractivity contribution in [2.45, 2.75) is 45.6 Å². The molecule has 0 aliphatic rings. The summed E-state index contributed by atoms with van der Waals surface area (Å²) in [7, 11) is 0. The summed E-state index contributed by atoms with van der Waals surface area (Å²) in [6, 6.07) is 8.37. The average Bonchev–Trinajstić information content (AvgIpc) is 3.15. The van der Waals surface area contributed by atoms with E-state index in [1.807, 2.05) is 20.8 Å². The fourth-order valence-corrected chi connectivity index (χ4v) is 2.67. The molecule has 0 N–H and O–H groups in total. The van der Waals surface area contributed by atoms with Gasteiger partial charge in [-0.05, 0) is 24.3 Å². The van der Waals surface area contributed by atoms with Gasteiger partial charge in [0.05, 0.1) is 17.9 Å². The van der Waals surface area contributed by atoms with Gasteiger partial charge in [-0.3, -0.25) is 9.78 Å². The number of carbonyl (C=O) groups excluding carboxylic acids is 1. The lowest BCUT2D eigenvalue weighted by molar-refractivity contribution is -0.118. The van der Waals surface area contributed by atoms with Crippen LogP contribution in [0.5, 0.6) is 0 Å². The molecule has 2 aromatic heterocycles. The van der Waals surface area contributed by atoms with Crippen LogP contribution in [0.15, 0.2) is 47.1 Å². The fraction of sp³-hybridized carbons (Fsp3) is 0.333. The molecule has 29 heavy (non-hydrogen) atoms. The van der Waals surface area contributed by atoms with E-state index < -0.39 is 11.6 Å². The Labute approximate surface area is 167 Å². The molecule has 8 heteroatoms. The molecule has 0 spiro atoms. The molecule has 2 heterocycles. The van der Waals surface area contributed by atoms with Gasteiger partial charge in [-0.25, -0.2) is 8.78 Å². The summed E-state index contributed by atoms with van der Waals surface area (Å²) in [4.78, 5) is 22.7. The second kappa shape index (κ2) is 8.46. The molecule has 0 aliphatic carbocycles. The normalized spacial score (nSPS) is 11.5. The molecule has 0 atom stereocenters. The zero-order chi connectivity index (χ0) is 21.0. The van der Waals surface area contributed by atoms with Crippen LogP contribution in [0, 0.1) is 11.6 Å². The Morgan fingerprint density at radius 1 is 1.17 bits per heavy atom. The summed E-state index contributed by atoms with van der Waals surface area (Å²) in [5.74, 6) is -1.01. The van der Waals surface area contributed by atoms with E-state index in [0.29, 0.717) is 17.4 Å². The Kier molecular flexibility index (Phi) is 6.00. The maximum Gasteiger partial charge on any atom is 0.227 e. The maximum absolute atomic E-state index is 14.4. The minimum Gasteiger partial charge on any atom is -0.339 e. The summed E-state index contributed by atoms with van der Waals surface area (Å²) in [6.45, 7) is 5.93. The van der Waals surface area contributed by atoms with Crippen LogP contribution in [-0.2, 0) is 23.2 Å². The van der Waals surface area contributed by atoms with E-state index in [1.54, 1.807) is 24.4 Å². The van der Waals surface area contributed by atoms with Crippen LogP contribution in [-0.4, -0.2) is 21.0 Å². The van der Waals surface area contributed by atoms with Crippen LogP contribution >= 0.6 is 0 Å². The van der Waals surface area contributed by atoms with Gasteiger partial charge in [0.15, 0.2) is 5.82 Å². The molecule has 0 fully saturated rings. The van der Waals surface area contributed by atoms with E-state index in [0.717, 1.165) is 12.1 Å². The van der Waals surface area contributed by atoms with Crippen molar-refractivity contribution in [2.24, 2.45) is 0 Å². The van der Waals surface area contributed by atoms with Gasteiger partial charge in [-0.2, -0.15) is 4.98 Å². The number of anilines is 1. The number of halogens is 2. The second-order valence-corrected chi connectivity index (χ2v) is 7.66. The van der Waals surface area contributed by atoms with E-state index in [4.69, 9.17) is 4.52 Å². The lowest BCUT2D eigenvalue weighted by Crippen LogP contribution is -2.31. The number of benzene rings is 1. The van der Waals surface area contributed by atoms with Gasteiger partial charge in [-0.15, -0.1) is 0 Å². The second-order valence-electron chi connectivity index (χ2n) is 7.66. The standard InChI is InChI=1S/C21H22F2N4O2/c1-21(2,3)20-25-18(29-26-20)9-10-19(28)27(13-15-6-4-5-11-24-15)17-8-7-14(22)12-16(17)23/h4-8,11-12H,9-10,13H2,1-3H3. The van der Waals surface area contributed by atoms with Crippen molar-refractivity contribution in [1.82, 2.24) is 15.1 Å². The molecular formula is C21H22F2N4O2.